The number of nitrogens with zero attached hydrogens (tertiary/aromatic N) is 1. The highest BCUT2D eigenvalue weighted by Crippen LogP contribution is 2.36. The zero-order valence-corrected chi connectivity index (χ0v) is 10.7. The molecule has 0 saturated heterocycles. The second-order valence-corrected chi connectivity index (χ2v) is 5.04. The van der Waals surface area contributed by atoms with Crippen LogP contribution in [0.4, 0.5) is 0 Å². The molecule has 0 saturated carbocycles. The van der Waals surface area contributed by atoms with E-state index in [0.29, 0.717) is 0 Å². The average molecular weight is 268 g/mol. The lowest BCUT2D eigenvalue weighted by molar-refractivity contribution is -0.134. The maximum absolute atomic E-state index is 11.9. The Kier molecular flexibility index (Phi) is 2.59. The van der Waals surface area contributed by atoms with Crippen molar-refractivity contribution in [3.63, 3.8) is 0 Å². The molecule has 2 unspecified atom stereocenters. The zero-order valence-electron chi connectivity index (χ0n) is 9.12. The summed E-state index contributed by atoms with van der Waals surface area (Å²) in [5, 5.41) is 0. The topological polar surface area (TPSA) is 20.3 Å². The molecule has 1 aliphatic heterocycles. The van der Waals surface area contributed by atoms with Crippen molar-refractivity contribution in [2.24, 2.45) is 0 Å². The van der Waals surface area contributed by atoms with Gasteiger partial charge in [0, 0.05) is 11.5 Å². The van der Waals surface area contributed by atoms with Crippen LogP contribution in [0.5, 0.6) is 0 Å². The quantitative estimate of drug-likeness (QED) is 0.708. The molecule has 80 valence electrons. The predicted octanol–water partition coefficient (Wildman–Crippen LogP) is 3.09. The van der Waals surface area contributed by atoms with Crippen LogP contribution >= 0.6 is 15.9 Å². The SMILES string of the molecule is CC1C(=O)N(C)C(C)c2cc(Br)ccc21. The Balaban J connectivity index is 2.58. The van der Waals surface area contributed by atoms with E-state index in [1.807, 2.05) is 31.0 Å². The van der Waals surface area contributed by atoms with Gasteiger partial charge in [-0.05, 0) is 37.1 Å². The van der Waals surface area contributed by atoms with Gasteiger partial charge in [0.25, 0.3) is 0 Å². The van der Waals surface area contributed by atoms with Crippen molar-refractivity contribution in [3.8, 4) is 0 Å². The van der Waals surface area contributed by atoms with Crippen LogP contribution in [0, 0.1) is 0 Å². The first-order chi connectivity index (χ1) is 7.02. The van der Waals surface area contributed by atoms with E-state index in [9.17, 15) is 4.79 Å². The van der Waals surface area contributed by atoms with Gasteiger partial charge in [0.1, 0.15) is 0 Å². The second kappa shape index (κ2) is 3.63. The summed E-state index contributed by atoms with van der Waals surface area (Å²) < 4.78 is 1.07. The molecule has 3 heteroatoms. The molecule has 1 amide bonds. The molecule has 2 nitrogen and oxygen atoms in total. The number of benzene rings is 1. The number of carbonyl (C=O) groups excluding carboxylic acids is 1. The summed E-state index contributed by atoms with van der Waals surface area (Å²) in [4.78, 5) is 13.7. The molecule has 1 aromatic rings. The van der Waals surface area contributed by atoms with Gasteiger partial charge in [0.05, 0.1) is 12.0 Å². The number of likely N-dealkylation sites (N-methyl/N-ethyl adjacent to an activating group) is 1. The van der Waals surface area contributed by atoms with Crippen LogP contribution in [0.2, 0.25) is 0 Å². The lowest BCUT2D eigenvalue weighted by Crippen LogP contribution is -2.38. The van der Waals surface area contributed by atoms with Gasteiger partial charge in [-0.3, -0.25) is 4.79 Å². The first-order valence-electron chi connectivity index (χ1n) is 5.08. The number of hydrogen-bond donors (Lipinski definition) is 0. The van der Waals surface area contributed by atoms with E-state index < -0.39 is 0 Å². The van der Waals surface area contributed by atoms with E-state index in [0.717, 1.165) is 10.0 Å². The van der Waals surface area contributed by atoms with Crippen LogP contribution in [-0.2, 0) is 4.79 Å². The van der Waals surface area contributed by atoms with Crippen molar-refractivity contribution in [1.82, 2.24) is 4.90 Å². The largest absolute Gasteiger partial charge is 0.338 e. The third-order valence-corrected chi connectivity index (χ3v) is 3.76. The molecular formula is C12H14BrNO. The molecule has 0 spiro atoms. The van der Waals surface area contributed by atoms with Crippen LogP contribution < -0.4 is 0 Å². The van der Waals surface area contributed by atoms with E-state index in [2.05, 4.69) is 28.9 Å². The van der Waals surface area contributed by atoms with Crippen molar-refractivity contribution in [2.75, 3.05) is 7.05 Å². The van der Waals surface area contributed by atoms with E-state index in [1.54, 1.807) is 0 Å². The normalized spacial score (nSPS) is 25.3. The summed E-state index contributed by atoms with van der Waals surface area (Å²) in [6.45, 7) is 4.03. The van der Waals surface area contributed by atoms with Crippen LogP contribution in [0.25, 0.3) is 0 Å². The molecule has 1 heterocycles. The highest BCUT2D eigenvalue weighted by atomic mass is 79.9. The third-order valence-electron chi connectivity index (χ3n) is 3.26. The van der Waals surface area contributed by atoms with Gasteiger partial charge in [-0.2, -0.15) is 0 Å². The van der Waals surface area contributed by atoms with Gasteiger partial charge in [-0.1, -0.05) is 22.0 Å². The minimum Gasteiger partial charge on any atom is -0.338 e. The second-order valence-electron chi connectivity index (χ2n) is 4.12. The molecule has 2 atom stereocenters. The molecule has 2 rings (SSSR count). The number of carbonyl (C=O) groups is 1. The number of amides is 1. The first-order valence-corrected chi connectivity index (χ1v) is 5.87. The van der Waals surface area contributed by atoms with Crippen LogP contribution in [0.3, 0.4) is 0 Å². The molecule has 1 aliphatic rings. The molecule has 15 heavy (non-hydrogen) atoms. The van der Waals surface area contributed by atoms with Crippen LogP contribution in [0.1, 0.15) is 36.9 Å². The molecule has 0 aromatic heterocycles. The maximum atomic E-state index is 11.9. The molecule has 0 radical (unpaired) electrons. The van der Waals surface area contributed by atoms with Gasteiger partial charge < -0.3 is 4.90 Å². The van der Waals surface area contributed by atoms with Crippen molar-refractivity contribution < 1.29 is 4.79 Å². The summed E-state index contributed by atoms with van der Waals surface area (Å²) in [5.41, 5.74) is 2.41. The summed E-state index contributed by atoms with van der Waals surface area (Å²) in [6.07, 6.45) is 0. The van der Waals surface area contributed by atoms with E-state index in [1.165, 1.54) is 5.56 Å². The fourth-order valence-electron chi connectivity index (χ4n) is 2.14. The Labute approximate surface area is 98.4 Å². The third kappa shape index (κ3) is 1.59. The standard InChI is InChI=1S/C12H14BrNO/c1-7-10-5-4-9(13)6-11(10)8(2)14(3)12(7)15/h4-8H,1-3H3. The summed E-state index contributed by atoms with van der Waals surface area (Å²) in [7, 11) is 1.87. The highest BCUT2D eigenvalue weighted by molar-refractivity contribution is 9.10. The summed E-state index contributed by atoms with van der Waals surface area (Å²) in [6, 6.07) is 6.33. The molecule has 0 bridgehead atoms. The van der Waals surface area contributed by atoms with Gasteiger partial charge in [-0.15, -0.1) is 0 Å². The lowest BCUT2D eigenvalue weighted by Gasteiger charge is -2.35. The predicted molar refractivity (Wildman–Crippen MR) is 63.7 cm³/mol. The molecule has 0 fully saturated rings. The monoisotopic (exact) mass is 267 g/mol. The Hall–Kier alpha value is -0.830. The molecule has 1 aromatic carbocycles. The molecular weight excluding hydrogens is 254 g/mol. The zero-order chi connectivity index (χ0) is 11.2. The Morgan fingerprint density at radius 3 is 2.60 bits per heavy atom. The van der Waals surface area contributed by atoms with E-state index >= 15 is 0 Å². The van der Waals surface area contributed by atoms with Gasteiger partial charge >= 0.3 is 0 Å². The maximum Gasteiger partial charge on any atom is 0.230 e. The number of fused-ring (bicyclic) bond motifs is 1. The van der Waals surface area contributed by atoms with Gasteiger partial charge in [0.2, 0.25) is 5.91 Å². The number of hydrogen-bond acceptors (Lipinski definition) is 1. The van der Waals surface area contributed by atoms with E-state index in [4.69, 9.17) is 0 Å². The smallest absolute Gasteiger partial charge is 0.230 e. The average Bonchev–Trinajstić information content (AvgIpc) is 2.23. The lowest BCUT2D eigenvalue weighted by atomic mass is 9.86. The number of halogens is 1. The van der Waals surface area contributed by atoms with Gasteiger partial charge in [0.15, 0.2) is 0 Å². The Morgan fingerprint density at radius 2 is 1.93 bits per heavy atom. The first kappa shape index (κ1) is 10.7. The van der Waals surface area contributed by atoms with Crippen molar-refractivity contribution >= 4 is 21.8 Å². The Bertz CT molecular complexity index is 416. The summed E-state index contributed by atoms with van der Waals surface area (Å²) in [5.74, 6) is 0.187. The minimum absolute atomic E-state index is 0.0192. The van der Waals surface area contributed by atoms with Crippen molar-refractivity contribution in [1.29, 1.82) is 0 Å². The van der Waals surface area contributed by atoms with Crippen LogP contribution in [-0.4, -0.2) is 17.9 Å². The minimum atomic E-state index is -0.0192. The van der Waals surface area contributed by atoms with Crippen LogP contribution in [0.15, 0.2) is 22.7 Å². The number of rotatable bonds is 0. The Morgan fingerprint density at radius 1 is 1.27 bits per heavy atom. The molecule has 0 N–H and O–H groups in total. The van der Waals surface area contributed by atoms with E-state index in [-0.39, 0.29) is 17.9 Å². The summed E-state index contributed by atoms with van der Waals surface area (Å²) >= 11 is 3.47. The van der Waals surface area contributed by atoms with Crippen molar-refractivity contribution in [2.45, 2.75) is 25.8 Å². The fourth-order valence-corrected chi connectivity index (χ4v) is 2.52. The fraction of sp³-hybridized carbons (Fsp3) is 0.417. The van der Waals surface area contributed by atoms with Crippen molar-refractivity contribution in [3.05, 3.63) is 33.8 Å². The highest BCUT2D eigenvalue weighted by Gasteiger charge is 2.32. The molecule has 0 aliphatic carbocycles. The van der Waals surface area contributed by atoms with Gasteiger partial charge in [-0.25, -0.2) is 0 Å².